The van der Waals surface area contributed by atoms with Crippen molar-refractivity contribution in [3.05, 3.63) is 42.2 Å². The van der Waals surface area contributed by atoms with Crippen LogP contribution in [-0.2, 0) is 4.79 Å². The van der Waals surface area contributed by atoms with Gasteiger partial charge in [-0.15, -0.1) is 0 Å². The van der Waals surface area contributed by atoms with E-state index in [2.05, 4.69) is 15.3 Å². The first-order chi connectivity index (χ1) is 16.5. The Kier molecular flexibility index (Phi) is 8.21. The van der Waals surface area contributed by atoms with E-state index in [-0.39, 0.29) is 12.0 Å². The third-order valence-corrected chi connectivity index (χ3v) is 7.19. The van der Waals surface area contributed by atoms with Crippen LogP contribution in [0.2, 0.25) is 0 Å². The molecule has 2 aliphatic rings. The van der Waals surface area contributed by atoms with Crippen molar-refractivity contribution in [1.29, 1.82) is 0 Å². The Hall–Kier alpha value is -2.87. The van der Waals surface area contributed by atoms with Gasteiger partial charge in [-0.3, -0.25) is 9.59 Å². The molecule has 8 nitrogen and oxygen atoms in total. The van der Waals surface area contributed by atoms with Crippen LogP contribution in [0.15, 0.2) is 36.7 Å². The summed E-state index contributed by atoms with van der Waals surface area (Å²) in [5.41, 5.74) is 1.29. The molecule has 1 aliphatic carbocycles. The average molecular weight is 469 g/mol. The number of hydrogen-bond donors (Lipinski definition) is 2. The second-order valence-corrected chi connectivity index (χ2v) is 9.45. The van der Waals surface area contributed by atoms with Gasteiger partial charge in [-0.2, -0.15) is 5.10 Å². The summed E-state index contributed by atoms with van der Waals surface area (Å²) in [6.45, 7) is 4.41. The smallest absolute Gasteiger partial charge is 0.306 e. The number of carboxylic acids is 1. The van der Waals surface area contributed by atoms with Gasteiger partial charge in [0.25, 0.3) is 5.91 Å². The van der Waals surface area contributed by atoms with E-state index in [0.29, 0.717) is 24.9 Å². The zero-order chi connectivity index (χ0) is 23.9. The number of carbonyl (C=O) groups is 2. The van der Waals surface area contributed by atoms with Crippen LogP contribution in [0.5, 0.6) is 5.75 Å². The number of ether oxygens (including phenoxy) is 1. The van der Waals surface area contributed by atoms with Crippen LogP contribution in [0.4, 0.5) is 0 Å². The molecule has 34 heavy (non-hydrogen) atoms. The first kappa shape index (κ1) is 24.3. The van der Waals surface area contributed by atoms with Gasteiger partial charge < -0.3 is 20.1 Å². The van der Waals surface area contributed by atoms with Crippen molar-refractivity contribution in [2.24, 2.45) is 5.92 Å². The lowest BCUT2D eigenvalue weighted by atomic mass is 10.0. The van der Waals surface area contributed by atoms with Crippen LogP contribution in [0.3, 0.4) is 0 Å². The molecule has 2 N–H and O–H groups in total. The number of aliphatic carboxylic acids is 1. The van der Waals surface area contributed by atoms with Gasteiger partial charge in [0.1, 0.15) is 11.9 Å². The molecule has 1 aliphatic heterocycles. The molecule has 1 aromatic heterocycles. The molecule has 2 heterocycles. The third-order valence-electron chi connectivity index (χ3n) is 7.19. The second kappa shape index (κ2) is 11.5. The number of amides is 1. The zero-order valence-electron chi connectivity index (χ0n) is 20.0. The van der Waals surface area contributed by atoms with Crippen molar-refractivity contribution in [1.82, 2.24) is 20.0 Å². The maximum Gasteiger partial charge on any atom is 0.306 e. The molecular weight excluding hydrogens is 432 g/mol. The van der Waals surface area contributed by atoms with Crippen molar-refractivity contribution in [3.63, 3.8) is 0 Å². The van der Waals surface area contributed by atoms with Crippen LogP contribution in [0.1, 0.15) is 68.6 Å². The predicted molar refractivity (Wildman–Crippen MR) is 129 cm³/mol. The molecule has 2 aromatic rings. The van der Waals surface area contributed by atoms with E-state index < -0.39 is 11.9 Å². The lowest BCUT2D eigenvalue weighted by Gasteiger charge is -2.36. The quantitative estimate of drug-likeness (QED) is 0.549. The largest absolute Gasteiger partial charge is 0.490 e. The van der Waals surface area contributed by atoms with Gasteiger partial charge >= 0.3 is 5.97 Å². The Morgan fingerprint density at radius 3 is 2.50 bits per heavy atom. The highest BCUT2D eigenvalue weighted by Gasteiger charge is 2.27. The van der Waals surface area contributed by atoms with Crippen LogP contribution in [0, 0.1) is 5.92 Å². The zero-order valence-corrected chi connectivity index (χ0v) is 20.0. The molecule has 1 aromatic carbocycles. The maximum absolute atomic E-state index is 12.4. The molecule has 184 valence electrons. The molecule has 4 rings (SSSR count). The molecule has 1 unspecified atom stereocenters. The number of piperidine rings is 1. The minimum absolute atomic E-state index is 0.254. The topological polar surface area (TPSA) is 96.7 Å². The number of likely N-dealkylation sites (tertiary alicyclic amines) is 1. The van der Waals surface area contributed by atoms with E-state index in [1.807, 2.05) is 31.2 Å². The number of rotatable bonds is 10. The lowest BCUT2D eigenvalue weighted by Crippen LogP contribution is -2.43. The predicted octanol–water partition coefficient (Wildman–Crippen LogP) is 3.89. The van der Waals surface area contributed by atoms with Gasteiger partial charge in [-0.25, -0.2) is 4.68 Å². The molecular formula is C26H36N4O4. The first-order valence-corrected chi connectivity index (χ1v) is 12.6. The third kappa shape index (κ3) is 6.17. The molecule has 0 spiro atoms. The van der Waals surface area contributed by atoms with E-state index in [0.717, 1.165) is 43.4 Å². The number of aromatic nitrogens is 2. The number of hydrogen-bond acceptors (Lipinski definition) is 5. The summed E-state index contributed by atoms with van der Waals surface area (Å²) in [6.07, 6.45) is 12.0. The normalized spacial score (nSPS) is 18.6. The lowest BCUT2D eigenvalue weighted by molar-refractivity contribution is -0.142. The van der Waals surface area contributed by atoms with Crippen LogP contribution >= 0.6 is 0 Å². The van der Waals surface area contributed by atoms with Gasteiger partial charge in [-0.1, -0.05) is 19.8 Å². The molecule has 8 heteroatoms. The SMILES string of the molecule is CCC(CCNC(=O)c1cnn(-c2ccc(OC3CCN(C4CCCC4)CC3)cc2)c1)C(=O)O. The average Bonchev–Trinajstić information content (AvgIpc) is 3.55. The number of carbonyl (C=O) groups excluding carboxylic acids is 1. The number of nitrogens with one attached hydrogen (secondary N) is 1. The molecule has 1 amide bonds. The summed E-state index contributed by atoms with van der Waals surface area (Å²) < 4.78 is 7.89. The maximum atomic E-state index is 12.4. The Labute approximate surface area is 201 Å². The van der Waals surface area contributed by atoms with Crippen LogP contribution in [-0.4, -0.2) is 63.4 Å². The van der Waals surface area contributed by atoms with Gasteiger partial charge in [-0.05, 0) is 62.8 Å². The summed E-state index contributed by atoms with van der Waals surface area (Å²) in [4.78, 5) is 26.1. The molecule has 1 saturated heterocycles. The number of carboxylic acid groups (broad SMARTS) is 1. The first-order valence-electron chi connectivity index (χ1n) is 12.6. The molecule has 1 saturated carbocycles. The fraction of sp³-hybridized carbons (Fsp3) is 0.577. The standard InChI is InChI=1S/C26H36N4O4/c1-2-19(26(32)33)11-14-27-25(31)20-17-28-30(18-20)22-7-9-23(10-8-22)34-24-12-15-29(16-13-24)21-5-3-4-6-21/h7-10,17-19,21,24H,2-6,11-16H2,1H3,(H,27,31)(H,32,33). The van der Waals surface area contributed by atoms with Gasteiger partial charge in [0, 0.05) is 31.9 Å². The van der Waals surface area contributed by atoms with Gasteiger partial charge in [0.05, 0.1) is 23.4 Å². The Morgan fingerprint density at radius 2 is 1.85 bits per heavy atom. The number of benzene rings is 1. The van der Waals surface area contributed by atoms with Crippen LogP contribution in [0.25, 0.3) is 5.69 Å². The van der Waals surface area contributed by atoms with E-state index >= 15 is 0 Å². The molecule has 1 atom stereocenters. The summed E-state index contributed by atoms with van der Waals surface area (Å²) in [5.74, 6) is -0.664. The molecule has 0 radical (unpaired) electrons. The summed E-state index contributed by atoms with van der Waals surface area (Å²) in [7, 11) is 0. The van der Waals surface area contributed by atoms with Gasteiger partial charge in [0.2, 0.25) is 0 Å². The van der Waals surface area contributed by atoms with Crippen molar-refractivity contribution in [2.75, 3.05) is 19.6 Å². The van der Waals surface area contributed by atoms with Crippen molar-refractivity contribution >= 4 is 11.9 Å². The van der Waals surface area contributed by atoms with E-state index in [4.69, 9.17) is 9.84 Å². The highest BCUT2D eigenvalue weighted by molar-refractivity contribution is 5.93. The summed E-state index contributed by atoms with van der Waals surface area (Å²) >= 11 is 0. The summed E-state index contributed by atoms with van der Waals surface area (Å²) in [5, 5.41) is 16.2. The van der Waals surface area contributed by atoms with Gasteiger partial charge in [0.15, 0.2) is 0 Å². The number of nitrogens with zero attached hydrogens (tertiary/aromatic N) is 3. The van der Waals surface area contributed by atoms with E-state index in [1.54, 1.807) is 10.9 Å². The van der Waals surface area contributed by atoms with Crippen LogP contribution < -0.4 is 10.1 Å². The molecule has 2 fully saturated rings. The highest BCUT2D eigenvalue weighted by Crippen LogP contribution is 2.27. The van der Waals surface area contributed by atoms with Crippen molar-refractivity contribution < 1.29 is 19.4 Å². The minimum atomic E-state index is -0.827. The second-order valence-electron chi connectivity index (χ2n) is 9.45. The fourth-order valence-electron chi connectivity index (χ4n) is 5.04. The monoisotopic (exact) mass is 468 g/mol. The summed E-state index contributed by atoms with van der Waals surface area (Å²) in [6, 6.07) is 8.58. The van der Waals surface area contributed by atoms with Crippen molar-refractivity contribution in [3.8, 4) is 11.4 Å². The Morgan fingerprint density at radius 1 is 1.15 bits per heavy atom. The van der Waals surface area contributed by atoms with Crippen molar-refractivity contribution in [2.45, 2.75) is 70.4 Å². The van der Waals surface area contributed by atoms with E-state index in [1.165, 1.54) is 31.9 Å². The highest BCUT2D eigenvalue weighted by atomic mass is 16.5. The fourth-order valence-corrected chi connectivity index (χ4v) is 5.04. The van der Waals surface area contributed by atoms with E-state index in [9.17, 15) is 9.59 Å². The minimum Gasteiger partial charge on any atom is -0.490 e. The molecule has 0 bridgehead atoms. The Bertz CT molecular complexity index is 944. The Balaban J connectivity index is 1.25.